The Morgan fingerprint density at radius 2 is 1.77 bits per heavy atom. The van der Waals surface area contributed by atoms with Crippen LogP contribution in [0.4, 0.5) is 0 Å². The lowest BCUT2D eigenvalue weighted by molar-refractivity contribution is -0.909. The summed E-state index contributed by atoms with van der Waals surface area (Å²) in [5, 5.41) is 0. The van der Waals surface area contributed by atoms with Gasteiger partial charge in [-0.2, -0.15) is 0 Å². The zero-order valence-corrected chi connectivity index (χ0v) is 9.29. The number of quaternary nitrogens is 1. The Morgan fingerprint density at radius 1 is 1.15 bits per heavy atom. The topological polar surface area (TPSA) is 3.24 Å². The van der Waals surface area contributed by atoms with Gasteiger partial charge in [0, 0.05) is 5.92 Å². The largest absolute Gasteiger partial charge is 0.312 e. The molecule has 1 aliphatic carbocycles. The second-order valence-corrected chi connectivity index (χ2v) is 5.57. The summed E-state index contributed by atoms with van der Waals surface area (Å²) >= 11 is 0. The SMILES string of the molecule is CN1CC(C2CCCC2)[N+](C)(C)C1. The summed E-state index contributed by atoms with van der Waals surface area (Å²) < 4.78 is 1.22. The van der Waals surface area contributed by atoms with Crippen LogP contribution in [0.5, 0.6) is 0 Å². The first-order valence-electron chi connectivity index (χ1n) is 5.61. The third kappa shape index (κ3) is 1.75. The van der Waals surface area contributed by atoms with Crippen molar-refractivity contribution in [1.82, 2.24) is 4.90 Å². The van der Waals surface area contributed by atoms with Gasteiger partial charge in [0.2, 0.25) is 0 Å². The van der Waals surface area contributed by atoms with E-state index in [0.29, 0.717) is 0 Å². The molecule has 2 fully saturated rings. The number of likely N-dealkylation sites (N-methyl/N-ethyl adjacent to an activating group) is 2. The van der Waals surface area contributed by atoms with E-state index in [0.717, 1.165) is 12.0 Å². The van der Waals surface area contributed by atoms with Gasteiger partial charge in [0.1, 0.15) is 12.7 Å². The maximum absolute atomic E-state index is 2.49. The van der Waals surface area contributed by atoms with Crippen molar-refractivity contribution in [2.75, 3.05) is 34.4 Å². The summed E-state index contributed by atoms with van der Waals surface area (Å²) in [4.78, 5) is 2.49. The van der Waals surface area contributed by atoms with Crippen molar-refractivity contribution in [3.8, 4) is 0 Å². The summed E-state index contributed by atoms with van der Waals surface area (Å²) in [6, 6.07) is 0.910. The molecule has 13 heavy (non-hydrogen) atoms. The first-order valence-corrected chi connectivity index (χ1v) is 5.61. The highest BCUT2D eigenvalue weighted by molar-refractivity contribution is 4.80. The molecular weight excluding hydrogens is 160 g/mol. The standard InChI is InChI=1S/C11H23N2/c1-12-8-11(13(2,3)9-12)10-6-4-5-7-10/h10-11H,4-9H2,1-3H3/q+1. The molecule has 0 bridgehead atoms. The molecule has 0 N–H and O–H groups in total. The molecule has 1 saturated heterocycles. The quantitative estimate of drug-likeness (QED) is 0.557. The van der Waals surface area contributed by atoms with Gasteiger partial charge in [0.05, 0.1) is 20.6 Å². The first-order chi connectivity index (χ1) is 6.09. The Bertz CT molecular complexity index is 183. The number of nitrogens with zero attached hydrogens (tertiary/aromatic N) is 2. The molecule has 0 radical (unpaired) electrons. The molecule has 2 heteroatoms. The minimum absolute atomic E-state index is 0.910. The van der Waals surface area contributed by atoms with Crippen molar-refractivity contribution in [2.24, 2.45) is 5.92 Å². The fraction of sp³-hybridized carbons (Fsp3) is 1.00. The summed E-state index contributed by atoms with van der Waals surface area (Å²) in [5.74, 6) is 1.01. The van der Waals surface area contributed by atoms with Crippen LogP contribution in [0.1, 0.15) is 25.7 Å². The van der Waals surface area contributed by atoms with Gasteiger partial charge in [-0.15, -0.1) is 0 Å². The summed E-state index contributed by atoms with van der Waals surface area (Å²) in [6.45, 7) is 2.55. The Labute approximate surface area is 82.1 Å². The average molecular weight is 183 g/mol. The van der Waals surface area contributed by atoms with E-state index < -0.39 is 0 Å². The van der Waals surface area contributed by atoms with E-state index in [-0.39, 0.29) is 0 Å². The van der Waals surface area contributed by atoms with Crippen LogP contribution < -0.4 is 0 Å². The third-order valence-electron chi connectivity index (χ3n) is 3.95. The monoisotopic (exact) mass is 183 g/mol. The molecule has 2 aliphatic rings. The molecule has 1 saturated carbocycles. The molecule has 2 nitrogen and oxygen atoms in total. The van der Waals surface area contributed by atoms with Crippen molar-refractivity contribution in [3.05, 3.63) is 0 Å². The predicted octanol–water partition coefficient (Wildman–Crippen LogP) is 1.52. The molecule has 0 aromatic carbocycles. The smallest absolute Gasteiger partial charge is 0.134 e. The first kappa shape index (κ1) is 9.47. The highest BCUT2D eigenvalue weighted by atomic mass is 15.5. The minimum Gasteiger partial charge on any atom is -0.312 e. The summed E-state index contributed by atoms with van der Waals surface area (Å²) in [6.07, 6.45) is 5.93. The van der Waals surface area contributed by atoms with E-state index in [4.69, 9.17) is 0 Å². The van der Waals surface area contributed by atoms with Gasteiger partial charge in [0.15, 0.2) is 0 Å². The highest BCUT2D eigenvalue weighted by Gasteiger charge is 2.43. The lowest BCUT2D eigenvalue weighted by atomic mass is 9.97. The maximum Gasteiger partial charge on any atom is 0.134 e. The van der Waals surface area contributed by atoms with E-state index in [9.17, 15) is 0 Å². The van der Waals surface area contributed by atoms with Gasteiger partial charge < -0.3 is 4.48 Å². The zero-order chi connectivity index (χ0) is 9.47. The van der Waals surface area contributed by atoms with Crippen molar-refractivity contribution in [3.63, 3.8) is 0 Å². The molecule has 1 unspecified atom stereocenters. The van der Waals surface area contributed by atoms with E-state index in [1.54, 1.807) is 0 Å². The average Bonchev–Trinajstić information content (AvgIpc) is 2.56. The summed E-state index contributed by atoms with van der Waals surface area (Å²) in [5.41, 5.74) is 0. The van der Waals surface area contributed by atoms with Gasteiger partial charge in [-0.25, -0.2) is 0 Å². The van der Waals surface area contributed by atoms with E-state index in [1.165, 1.54) is 43.4 Å². The molecule has 76 valence electrons. The van der Waals surface area contributed by atoms with Crippen LogP contribution in [-0.4, -0.2) is 49.8 Å². The number of hydrogen-bond donors (Lipinski definition) is 0. The lowest BCUT2D eigenvalue weighted by Crippen LogP contribution is -2.48. The van der Waals surface area contributed by atoms with Gasteiger partial charge in [-0.3, -0.25) is 4.90 Å². The van der Waals surface area contributed by atoms with Crippen molar-refractivity contribution in [1.29, 1.82) is 0 Å². The zero-order valence-electron chi connectivity index (χ0n) is 9.29. The molecule has 1 aliphatic heterocycles. The van der Waals surface area contributed by atoms with Crippen LogP contribution in [0.2, 0.25) is 0 Å². The van der Waals surface area contributed by atoms with Crippen LogP contribution in [0.15, 0.2) is 0 Å². The highest BCUT2D eigenvalue weighted by Crippen LogP contribution is 2.34. The van der Waals surface area contributed by atoms with Gasteiger partial charge in [-0.05, 0) is 19.9 Å². The van der Waals surface area contributed by atoms with Crippen LogP contribution >= 0.6 is 0 Å². The fourth-order valence-corrected chi connectivity index (χ4v) is 3.39. The van der Waals surface area contributed by atoms with E-state index >= 15 is 0 Å². The molecular formula is C11H23N2+. The van der Waals surface area contributed by atoms with E-state index in [2.05, 4.69) is 26.0 Å². The molecule has 0 amide bonds. The maximum atomic E-state index is 2.49. The Hall–Kier alpha value is -0.0800. The Morgan fingerprint density at radius 3 is 2.23 bits per heavy atom. The van der Waals surface area contributed by atoms with E-state index in [1.807, 2.05) is 0 Å². The third-order valence-corrected chi connectivity index (χ3v) is 3.95. The second-order valence-electron chi connectivity index (χ2n) is 5.57. The Balaban J connectivity index is 2.05. The van der Waals surface area contributed by atoms with Crippen LogP contribution in [0.25, 0.3) is 0 Å². The van der Waals surface area contributed by atoms with Crippen LogP contribution in [-0.2, 0) is 0 Å². The molecule has 0 aromatic rings. The summed E-state index contributed by atoms with van der Waals surface area (Å²) in [7, 11) is 7.05. The minimum atomic E-state index is 0.910. The molecule has 0 aromatic heterocycles. The lowest BCUT2D eigenvalue weighted by Gasteiger charge is -2.34. The Kier molecular flexibility index (Phi) is 2.37. The molecule has 0 spiro atoms. The molecule has 1 heterocycles. The van der Waals surface area contributed by atoms with Gasteiger partial charge in [0.25, 0.3) is 0 Å². The second kappa shape index (κ2) is 3.25. The predicted molar refractivity (Wildman–Crippen MR) is 55.4 cm³/mol. The van der Waals surface area contributed by atoms with Crippen molar-refractivity contribution in [2.45, 2.75) is 31.7 Å². The number of hydrogen-bond acceptors (Lipinski definition) is 1. The normalized spacial score (nSPS) is 35.8. The molecule has 2 rings (SSSR count). The fourth-order valence-electron chi connectivity index (χ4n) is 3.39. The van der Waals surface area contributed by atoms with Crippen LogP contribution in [0, 0.1) is 5.92 Å². The van der Waals surface area contributed by atoms with Crippen molar-refractivity contribution >= 4 is 0 Å². The molecule has 1 atom stereocenters. The number of rotatable bonds is 1. The van der Waals surface area contributed by atoms with Crippen molar-refractivity contribution < 1.29 is 4.48 Å². The van der Waals surface area contributed by atoms with Gasteiger partial charge >= 0.3 is 0 Å². The van der Waals surface area contributed by atoms with Crippen LogP contribution in [0.3, 0.4) is 0 Å². The van der Waals surface area contributed by atoms with Gasteiger partial charge in [-0.1, -0.05) is 12.8 Å².